The van der Waals surface area contributed by atoms with Crippen LogP contribution >= 0.6 is 0 Å². The minimum absolute atomic E-state index is 0.139. The zero-order chi connectivity index (χ0) is 22.5. The molecule has 3 aromatic carbocycles. The number of nitrogens with zero attached hydrogens (tertiary/aromatic N) is 3. The van der Waals surface area contributed by atoms with Crippen LogP contribution in [0.15, 0.2) is 66.7 Å². The van der Waals surface area contributed by atoms with Crippen molar-refractivity contribution in [2.75, 3.05) is 48.4 Å². The molecule has 1 heterocycles. The Kier molecular flexibility index (Phi) is 6.27. The molecule has 1 saturated heterocycles. The fourth-order valence-electron chi connectivity index (χ4n) is 3.95. The smallest absolute Gasteiger partial charge is 0.255 e. The van der Waals surface area contributed by atoms with Crippen LogP contribution in [0.4, 0.5) is 17.1 Å². The van der Waals surface area contributed by atoms with Crippen LogP contribution in [-0.4, -0.2) is 39.2 Å². The third-order valence-corrected chi connectivity index (χ3v) is 5.79. The number of carbonyl (C=O) groups excluding carboxylic acids is 1. The number of nitrogens with one attached hydrogen (secondary N) is 1. The molecule has 162 valence electrons. The summed E-state index contributed by atoms with van der Waals surface area (Å²) in [7, 11) is 1.62. The molecule has 6 heteroatoms. The molecule has 0 aromatic heterocycles. The minimum atomic E-state index is -0.139. The average Bonchev–Trinajstić information content (AvgIpc) is 2.84. The monoisotopic (exact) mass is 426 g/mol. The number of piperazine rings is 1. The molecule has 1 aliphatic rings. The lowest BCUT2D eigenvalue weighted by Crippen LogP contribution is -2.46. The lowest BCUT2D eigenvalue weighted by atomic mass is 10.1. The van der Waals surface area contributed by atoms with Gasteiger partial charge in [0.1, 0.15) is 5.75 Å². The Hall–Kier alpha value is -3.98. The fourth-order valence-corrected chi connectivity index (χ4v) is 3.95. The van der Waals surface area contributed by atoms with E-state index in [1.807, 2.05) is 67.6 Å². The van der Waals surface area contributed by atoms with Gasteiger partial charge in [-0.05, 0) is 79.2 Å². The van der Waals surface area contributed by atoms with Gasteiger partial charge < -0.3 is 19.9 Å². The molecule has 3 aromatic rings. The van der Waals surface area contributed by atoms with Gasteiger partial charge in [0.15, 0.2) is 0 Å². The number of ether oxygens (including phenoxy) is 1. The number of amides is 1. The molecule has 1 aliphatic heterocycles. The minimum Gasteiger partial charge on any atom is -0.496 e. The summed E-state index contributed by atoms with van der Waals surface area (Å²) >= 11 is 0. The number of nitriles is 1. The molecular weight excluding hydrogens is 400 g/mol. The Balaban J connectivity index is 1.34. The Bertz CT molecular complexity index is 1130. The Labute approximate surface area is 188 Å². The van der Waals surface area contributed by atoms with E-state index in [2.05, 4.69) is 21.2 Å². The third kappa shape index (κ3) is 4.68. The number of aryl methyl sites for hydroxylation is 1. The van der Waals surface area contributed by atoms with Gasteiger partial charge in [-0.1, -0.05) is 0 Å². The SMILES string of the molecule is COc1ccc(C(=O)Nc2ccc(N3CCN(c4ccc(C#N)cc4)CC3)cc2)cc1C. The van der Waals surface area contributed by atoms with Crippen LogP contribution in [-0.2, 0) is 0 Å². The number of methoxy groups -OCH3 is 1. The third-order valence-electron chi connectivity index (χ3n) is 5.79. The van der Waals surface area contributed by atoms with Crippen LogP contribution in [0.25, 0.3) is 0 Å². The topological polar surface area (TPSA) is 68.6 Å². The normalized spacial score (nSPS) is 13.4. The van der Waals surface area contributed by atoms with Crippen molar-refractivity contribution in [3.8, 4) is 11.8 Å². The molecule has 1 fully saturated rings. The number of rotatable bonds is 5. The van der Waals surface area contributed by atoms with E-state index in [1.165, 1.54) is 0 Å². The van der Waals surface area contributed by atoms with E-state index in [1.54, 1.807) is 13.2 Å². The molecule has 0 unspecified atom stereocenters. The van der Waals surface area contributed by atoms with Crippen LogP contribution in [0.3, 0.4) is 0 Å². The van der Waals surface area contributed by atoms with Gasteiger partial charge in [0.2, 0.25) is 0 Å². The van der Waals surface area contributed by atoms with Gasteiger partial charge in [0, 0.05) is 48.8 Å². The summed E-state index contributed by atoms with van der Waals surface area (Å²) < 4.78 is 5.26. The maximum absolute atomic E-state index is 12.6. The van der Waals surface area contributed by atoms with Gasteiger partial charge in [0.05, 0.1) is 18.7 Å². The van der Waals surface area contributed by atoms with E-state index in [0.29, 0.717) is 11.1 Å². The summed E-state index contributed by atoms with van der Waals surface area (Å²) in [6.07, 6.45) is 0. The summed E-state index contributed by atoms with van der Waals surface area (Å²) in [5.74, 6) is 0.629. The van der Waals surface area contributed by atoms with Crippen LogP contribution in [0.5, 0.6) is 5.75 Å². The number of hydrogen-bond donors (Lipinski definition) is 1. The van der Waals surface area contributed by atoms with Crippen LogP contribution in [0, 0.1) is 18.3 Å². The molecule has 0 bridgehead atoms. The highest BCUT2D eigenvalue weighted by atomic mass is 16.5. The highest BCUT2D eigenvalue weighted by Gasteiger charge is 2.18. The molecule has 32 heavy (non-hydrogen) atoms. The van der Waals surface area contributed by atoms with Gasteiger partial charge in [-0.25, -0.2) is 0 Å². The van der Waals surface area contributed by atoms with Crippen molar-refractivity contribution >= 4 is 23.0 Å². The summed E-state index contributed by atoms with van der Waals surface area (Å²) in [4.78, 5) is 17.3. The second-order valence-corrected chi connectivity index (χ2v) is 7.82. The summed E-state index contributed by atoms with van der Waals surface area (Å²) in [6, 6.07) is 23.3. The van der Waals surface area contributed by atoms with Crippen molar-refractivity contribution in [3.05, 3.63) is 83.4 Å². The van der Waals surface area contributed by atoms with E-state index in [-0.39, 0.29) is 5.91 Å². The van der Waals surface area contributed by atoms with E-state index in [4.69, 9.17) is 10.00 Å². The first-order valence-electron chi connectivity index (χ1n) is 10.6. The predicted octanol–water partition coefficient (Wildman–Crippen LogP) is 4.45. The summed E-state index contributed by atoms with van der Waals surface area (Å²) in [6.45, 7) is 5.58. The molecule has 0 aliphatic carbocycles. The van der Waals surface area contributed by atoms with Crippen molar-refractivity contribution in [2.45, 2.75) is 6.92 Å². The molecule has 0 spiro atoms. The number of carbonyl (C=O) groups is 1. The van der Waals surface area contributed by atoms with Crippen molar-refractivity contribution in [1.82, 2.24) is 0 Å². The molecule has 1 N–H and O–H groups in total. The number of hydrogen-bond acceptors (Lipinski definition) is 5. The average molecular weight is 427 g/mol. The van der Waals surface area contributed by atoms with Gasteiger partial charge >= 0.3 is 0 Å². The number of anilines is 3. The summed E-state index contributed by atoms with van der Waals surface area (Å²) in [5, 5.41) is 11.9. The van der Waals surface area contributed by atoms with Gasteiger partial charge in [-0.15, -0.1) is 0 Å². The quantitative estimate of drug-likeness (QED) is 0.653. The fraction of sp³-hybridized carbons (Fsp3) is 0.231. The number of benzene rings is 3. The largest absolute Gasteiger partial charge is 0.496 e. The van der Waals surface area contributed by atoms with Crippen molar-refractivity contribution in [2.24, 2.45) is 0 Å². The van der Waals surface area contributed by atoms with Gasteiger partial charge in [0.25, 0.3) is 5.91 Å². The standard InChI is InChI=1S/C26H26N4O2/c1-19-17-21(5-12-25(19)32-2)26(31)28-22-6-10-24(11-7-22)30-15-13-29(14-16-30)23-8-3-20(18-27)4-9-23/h3-12,17H,13-16H2,1-2H3,(H,28,31). The molecular formula is C26H26N4O2. The van der Waals surface area contributed by atoms with Gasteiger partial charge in [-0.3, -0.25) is 4.79 Å². The second-order valence-electron chi connectivity index (χ2n) is 7.82. The van der Waals surface area contributed by atoms with E-state index < -0.39 is 0 Å². The zero-order valence-electron chi connectivity index (χ0n) is 18.3. The first kappa shape index (κ1) is 21.3. The van der Waals surface area contributed by atoms with Crippen molar-refractivity contribution < 1.29 is 9.53 Å². The molecule has 6 nitrogen and oxygen atoms in total. The second kappa shape index (κ2) is 9.44. The molecule has 0 atom stereocenters. The van der Waals surface area contributed by atoms with Crippen molar-refractivity contribution in [1.29, 1.82) is 5.26 Å². The molecule has 0 saturated carbocycles. The first-order valence-corrected chi connectivity index (χ1v) is 10.6. The Morgan fingerprint density at radius 2 is 1.47 bits per heavy atom. The molecule has 1 amide bonds. The summed E-state index contributed by atoms with van der Waals surface area (Å²) in [5.41, 5.74) is 5.27. The predicted molar refractivity (Wildman–Crippen MR) is 128 cm³/mol. The maximum atomic E-state index is 12.6. The highest BCUT2D eigenvalue weighted by molar-refractivity contribution is 6.04. The van der Waals surface area contributed by atoms with E-state index in [9.17, 15) is 4.79 Å². The van der Waals surface area contributed by atoms with Gasteiger partial charge in [-0.2, -0.15) is 5.26 Å². The van der Waals surface area contributed by atoms with Crippen LogP contribution in [0.2, 0.25) is 0 Å². The Morgan fingerprint density at radius 1 is 0.906 bits per heavy atom. The van der Waals surface area contributed by atoms with E-state index >= 15 is 0 Å². The lowest BCUT2D eigenvalue weighted by molar-refractivity contribution is 0.102. The van der Waals surface area contributed by atoms with Crippen molar-refractivity contribution in [3.63, 3.8) is 0 Å². The van der Waals surface area contributed by atoms with Crippen LogP contribution in [0.1, 0.15) is 21.5 Å². The Morgan fingerprint density at radius 3 is 1.97 bits per heavy atom. The first-order chi connectivity index (χ1) is 15.6. The maximum Gasteiger partial charge on any atom is 0.255 e. The highest BCUT2D eigenvalue weighted by Crippen LogP contribution is 2.23. The lowest BCUT2D eigenvalue weighted by Gasteiger charge is -2.37. The molecule has 0 radical (unpaired) electrons. The van der Waals surface area contributed by atoms with E-state index in [0.717, 1.165) is 54.6 Å². The molecule has 4 rings (SSSR count). The zero-order valence-corrected chi connectivity index (χ0v) is 18.3. The van der Waals surface area contributed by atoms with Crippen LogP contribution < -0.4 is 19.9 Å².